The molecule has 0 aliphatic heterocycles. The number of carbonyl (C=O) groups excluding carboxylic acids is 1. The predicted molar refractivity (Wildman–Crippen MR) is 139 cm³/mol. The summed E-state index contributed by atoms with van der Waals surface area (Å²) in [6.45, 7) is 9.17. The Morgan fingerprint density at radius 2 is 1.54 bits per heavy atom. The average Bonchev–Trinajstić information content (AvgIpc) is 3.31. The topological polar surface area (TPSA) is 91.6 Å². The highest BCUT2D eigenvalue weighted by molar-refractivity contribution is 5.87. The van der Waals surface area contributed by atoms with E-state index < -0.39 is 35.3 Å². The second-order valence-corrected chi connectivity index (χ2v) is 9.81. The summed E-state index contributed by atoms with van der Waals surface area (Å²) in [4.78, 5) is 25.5. The zero-order valence-corrected chi connectivity index (χ0v) is 20.5. The minimum atomic E-state index is -1.08. The van der Waals surface area contributed by atoms with E-state index in [2.05, 4.69) is 24.0 Å². The Bertz CT molecular complexity index is 1140. The molecular formula is C29H34N2O4. The number of hydrogen-bond donors (Lipinski definition) is 3. The first-order valence-electron chi connectivity index (χ1n) is 11.7. The van der Waals surface area contributed by atoms with Crippen LogP contribution in [0.4, 0.5) is 0 Å². The minimum Gasteiger partial charge on any atom is -0.481 e. The lowest BCUT2D eigenvalue weighted by atomic mass is 9.86. The largest absolute Gasteiger partial charge is 0.481 e. The Kier molecular flexibility index (Phi) is 8.30. The van der Waals surface area contributed by atoms with Crippen LogP contribution < -0.4 is 5.32 Å². The molecule has 3 N–H and O–H groups in total. The highest BCUT2D eigenvalue weighted by Crippen LogP contribution is 2.30. The maximum atomic E-state index is 13.4. The van der Waals surface area contributed by atoms with Crippen molar-refractivity contribution in [1.82, 2.24) is 9.88 Å². The third kappa shape index (κ3) is 6.28. The zero-order valence-electron chi connectivity index (χ0n) is 20.5. The van der Waals surface area contributed by atoms with Gasteiger partial charge in [0.2, 0.25) is 5.91 Å². The molecule has 1 aromatic heterocycles. The molecule has 0 saturated heterocycles. The Balaban J connectivity index is 1.93. The number of rotatable bonds is 10. The molecule has 35 heavy (non-hydrogen) atoms. The Hall–Kier alpha value is -3.64. The van der Waals surface area contributed by atoms with Crippen LogP contribution in [0.1, 0.15) is 33.2 Å². The summed E-state index contributed by atoms with van der Waals surface area (Å²) in [7, 11) is 0. The molecule has 184 valence electrons. The first kappa shape index (κ1) is 26.0. The number of hydrogen-bond acceptors (Lipinski definition) is 3. The molecular weight excluding hydrogens is 440 g/mol. The van der Waals surface area contributed by atoms with Crippen molar-refractivity contribution in [3.05, 3.63) is 85.7 Å². The van der Waals surface area contributed by atoms with Gasteiger partial charge in [-0.15, -0.1) is 6.58 Å². The summed E-state index contributed by atoms with van der Waals surface area (Å²) in [5.74, 6) is -2.54. The molecule has 6 nitrogen and oxygen atoms in total. The molecule has 1 amide bonds. The van der Waals surface area contributed by atoms with Crippen molar-refractivity contribution >= 4 is 11.9 Å². The molecule has 3 rings (SSSR count). The Labute approximate surface area is 206 Å². The number of carboxylic acid groups (broad SMARTS) is 1. The number of carboxylic acids is 1. The molecule has 3 aromatic rings. The Morgan fingerprint density at radius 1 is 0.971 bits per heavy atom. The lowest BCUT2D eigenvalue weighted by Crippen LogP contribution is -2.50. The van der Waals surface area contributed by atoms with Gasteiger partial charge in [-0.3, -0.25) is 9.59 Å². The molecule has 6 heteroatoms. The number of aliphatic carboxylic acids is 1. The summed E-state index contributed by atoms with van der Waals surface area (Å²) in [6, 6.07) is 18.5. The summed E-state index contributed by atoms with van der Waals surface area (Å²) >= 11 is 0. The first-order chi connectivity index (χ1) is 16.7. The molecule has 0 radical (unpaired) electrons. The summed E-state index contributed by atoms with van der Waals surface area (Å²) < 4.78 is 1.65. The molecule has 0 aliphatic rings. The van der Waals surface area contributed by atoms with Crippen LogP contribution in [0.25, 0.3) is 22.3 Å². The van der Waals surface area contributed by atoms with Crippen molar-refractivity contribution in [3.8, 4) is 22.3 Å². The van der Waals surface area contributed by atoms with E-state index in [1.165, 1.54) is 6.08 Å². The second kappa shape index (κ2) is 11.2. The molecule has 0 bridgehead atoms. The number of nitrogens with one attached hydrogen (secondary N) is 1. The van der Waals surface area contributed by atoms with E-state index in [0.717, 1.165) is 22.3 Å². The van der Waals surface area contributed by atoms with Crippen LogP contribution >= 0.6 is 0 Å². The SMILES string of the molecule is C=CC[C@H](C(=O)O)[C@H](C(=O)NC(CO)C(C)(C)C)n1ccc(-c2ccc(-c3ccccc3)cc2)c1. The van der Waals surface area contributed by atoms with Gasteiger partial charge >= 0.3 is 5.97 Å². The van der Waals surface area contributed by atoms with E-state index in [0.29, 0.717) is 0 Å². The van der Waals surface area contributed by atoms with Crippen LogP contribution in [0.2, 0.25) is 0 Å². The van der Waals surface area contributed by atoms with Crippen molar-refractivity contribution < 1.29 is 19.8 Å². The lowest BCUT2D eigenvalue weighted by Gasteiger charge is -2.32. The van der Waals surface area contributed by atoms with Gasteiger partial charge in [-0.05, 0) is 40.2 Å². The fourth-order valence-electron chi connectivity index (χ4n) is 4.11. The molecule has 3 atom stereocenters. The molecule has 2 aromatic carbocycles. The van der Waals surface area contributed by atoms with E-state index in [4.69, 9.17) is 0 Å². The number of aromatic nitrogens is 1. The van der Waals surface area contributed by atoms with Gasteiger partial charge in [0.1, 0.15) is 6.04 Å². The van der Waals surface area contributed by atoms with Gasteiger partial charge in [0.15, 0.2) is 0 Å². The highest BCUT2D eigenvalue weighted by Gasteiger charge is 2.36. The summed E-state index contributed by atoms with van der Waals surface area (Å²) in [6.07, 6.45) is 5.17. The molecule has 0 saturated carbocycles. The van der Waals surface area contributed by atoms with Gasteiger partial charge in [-0.1, -0.05) is 81.4 Å². The molecule has 0 fully saturated rings. The number of amides is 1. The van der Waals surface area contributed by atoms with Crippen molar-refractivity contribution in [2.75, 3.05) is 6.61 Å². The summed E-state index contributed by atoms with van der Waals surface area (Å²) in [5.41, 5.74) is 3.66. The standard InChI is InChI=1S/C29H34N2O4/c1-5-9-24(28(34)35)26(27(33)30-25(19-32)29(2,3)4)31-17-16-23(18-31)22-14-12-21(13-15-22)20-10-7-6-8-11-20/h5-8,10-18,24-26,32H,1,9,19H2,2-4H3,(H,30,33)(H,34,35)/t24-,25?,26+/m0/s1. The Morgan fingerprint density at radius 3 is 2.06 bits per heavy atom. The first-order valence-corrected chi connectivity index (χ1v) is 11.7. The van der Waals surface area contributed by atoms with E-state index in [1.807, 2.05) is 69.3 Å². The number of benzene rings is 2. The van der Waals surface area contributed by atoms with Gasteiger partial charge in [0.05, 0.1) is 18.6 Å². The number of aliphatic hydroxyl groups is 1. The van der Waals surface area contributed by atoms with E-state index in [9.17, 15) is 19.8 Å². The van der Waals surface area contributed by atoms with Crippen LogP contribution in [0.3, 0.4) is 0 Å². The third-order valence-corrected chi connectivity index (χ3v) is 6.29. The van der Waals surface area contributed by atoms with Gasteiger partial charge in [-0.2, -0.15) is 0 Å². The van der Waals surface area contributed by atoms with Gasteiger partial charge in [0, 0.05) is 12.4 Å². The second-order valence-electron chi connectivity index (χ2n) is 9.81. The van der Waals surface area contributed by atoms with Crippen molar-refractivity contribution in [3.63, 3.8) is 0 Å². The molecule has 1 heterocycles. The maximum Gasteiger partial charge on any atom is 0.309 e. The fraction of sp³-hybridized carbons (Fsp3) is 0.310. The van der Waals surface area contributed by atoms with E-state index in [-0.39, 0.29) is 13.0 Å². The van der Waals surface area contributed by atoms with Crippen LogP contribution in [-0.4, -0.2) is 39.3 Å². The third-order valence-electron chi connectivity index (χ3n) is 6.29. The monoisotopic (exact) mass is 474 g/mol. The van der Waals surface area contributed by atoms with Crippen LogP contribution in [0, 0.1) is 11.3 Å². The fourth-order valence-corrected chi connectivity index (χ4v) is 4.11. The summed E-state index contributed by atoms with van der Waals surface area (Å²) in [5, 5.41) is 22.6. The molecule has 0 aliphatic carbocycles. The van der Waals surface area contributed by atoms with Gasteiger partial charge < -0.3 is 20.1 Å². The number of nitrogens with zero attached hydrogens (tertiary/aromatic N) is 1. The number of allylic oxidation sites excluding steroid dienone is 1. The average molecular weight is 475 g/mol. The lowest BCUT2D eigenvalue weighted by molar-refractivity contribution is -0.147. The zero-order chi connectivity index (χ0) is 25.6. The van der Waals surface area contributed by atoms with Crippen LogP contribution in [-0.2, 0) is 9.59 Å². The molecule has 1 unspecified atom stereocenters. The van der Waals surface area contributed by atoms with E-state index >= 15 is 0 Å². The smallest absolute Gasteiger partial charge is 0.309 e. The number of carbonyl (C=O) groups is 2. The van der Waals surface area contributed by atoms with Crippen molar-refractivity contribution in [2.45, 2.75) is 39.3 Å². The van der Waals surface area contributed by atoms with Crippen molar-refractivity contribution in [2.24, 2.45) is 11.3 Å². The number of aliphatic hydroxyl groups excluding tert-OH is 1. The van der Waals surface area contributed by atoms with E-state index in [1.54, 1.807) is 17.0 Å². The van der Waals surface area contributed by atoms with Crippen molar-refractivity contribution in [1.29, 1.82) is 0 Å². The predicted octanol–water partition coefficient (Wildman–Crippen LogP) is 5.16. The quantitative estimate of drug-likeness (QED) is 0.354. The highest BCUT2D eigenvalue weighted by atomic mass is 16.4. The van der Waals surface area contributed by atoms with Crippen LogP contribution in [0.15, 0.2) is 85.7 Å². The minimum absolute atomic E-state index is 0.131. The maximum absolute atomic E-state index is 13.4. The normalized spacial score (nSPS) is 14.1. The van der Waals surface area contributed by atoms with Gasteiger partial charge in [-0.25, -0.2) is 0 Å². The van der Waals surface area contributed by atoms with Crippen LogP contribution in [0.5, 0.6) is 0 Å². The van der Waals surface area contributed by atoms with Gasteiger partial charge in [0.25, 0.3) is 0 Å². The molecule has 0 spiro atoms.